The predicted octanol–water partition coefficient (Wildman–Crippen LogP) is 2.03. The summed E-state index contributed by atoms with van der Waals surface area (Å²) in [6, 6.07) is 7.17. The fourth-order valence-electron chi connectivity index (χ4n) is 1.28. The lowest BCUT2D eigenvalue weighted by atomic mass is 10.2. The molecule has 0 aliphatic heterocycles. The average molecular weight is 233 g/mol. The van der Waals surface area contributed by atoms with Crippen LogP contribution in [0.5, 0.6) is 0 Å². The zero-order chi connectivity index (χ0) is 12.5. The molecule has 17 heavy (non-hydrogen) atoms. The van der Waals surface area contributed by atoms with Crippen molar-refractivity contribution < 1.29 is 14.3 Å². The number of hydrogen-bond donors (Lipinski definition) is 1. The summed E-state index contributed by atoms with van der Waals surface area (Å²) in [7, 11) is 0. The van der Waals surface area contributed by atoms with E-state index in [2.05, 4.69) is 5.32 Å². The van der Waals surface area contributed by atoms with Gasteiger partial charge in [-0.1, -0.05) is 18.2 Å². The number of nitrogens with one attached hydrogen (secondary N) is 1. The fourth-order valence-corrected chi connectivity index (χ4v) is 1.28. The van der Waals surface area contributed by atoms with Crippen LogP contribution in [-0.2, 0) is 9.53 Å². The topological polar surface area (TPSA) is 55.4 Å². The van der Waals surface area contributed by atoms with Crippen LogP contribution in [0.3, 0.4) is 0 Å². The number of para-hydroxylation sites is 1. The Kier molecular flexibility index (Phi) is 5.51. The van der Waals surface area contributed by atoms with Gasteiger partial charge < -0.3 is 10.1 Å². The minimum Gasteiger partial charge on any atom is -0.463 e. The maximum Gasteiger partial charge on any atom is 0.330 e. The van der Waals surface area contributed by atoms with Crippen LogP contribution in [0, 0.1) is 0 Å². The summed E-state index contributed by atoms with van der Waals surface area (Å²) in [6.45, 7) is 2.58. The summed E-state index contributed by atoms with van der Waals surface area (Å²) in [5.41, 5.74) is 1.34. The molecule has 0 spiro atoms. The molecular formula is C13H15NO3. The number of aldehydes is 1. The molecule has 0 aromatic heterocycles. The highest BCUT2D eigenvalue weighted by molar-refractivity contribution is 5.84. The molecule has 0 aliphatic carbocycles. The molecule has 1 aromatic carbocycles. The highest BCUT2D eigenvalue weighted by Gasteiger charge is 1.97. The maximum absolute atomic E-state index is 11.0. The van der Waals surface area contributed by atoms with Crippen molar-refractivity contribution in [2.75, 3.05) is 18.5 Å². The Morgan fingerprint density at radius 2 is 2.18 bits per heavy atom. The number of rotatable bonds is 6. The molecule has 1 rings (SSSR count). The van der Waals surface area contributed by atoms with Gasteiger partial charge in [-0.15, -0.1) is 0 Å². The van der Waals surface area contributed by atoms with Crippen LogP contribution in [0.25, 0.3) is 0 Å². The van der Waals surface area contributed by atoms with E-state index in [1.807, 2.05) is 12.1 Å². The van der Waals surface area contributed by atoms with Crippen LogP contribution in [0.1, 0.15) is 17.3 Å². The van der Waals surface area contributed by atoms with Crippen LogP contribution < -0.4 is 5.32 Å². The quantitative estimate of drug-likeness (QED) is 0.464. The number of carbonyl (C=O) groups excluding carboxylic acids is 2. The van der Waals surface area contributed by atoms with Gasteiger partial charge >= 0.3 is 5.97 Å². The highest BCUT2D eigenvalue weighted by Crippen LogP contribution is 2.11. The summed E-state index contributed by atoms with van der Waals surface area (Å²) >= 11 is 0. The second kappa shape index (κ2) is 7.22. The molecular weight excluding hydrogens is 218 g/mol. The van der Waals surface area contributed by atoms with E-state index >= 15 is 0 Å². The van der Waals surface area contributed by atoms with Crippen molar-refractivity contribution in [2.45, 2.75) is 6.92 Å². The number of benzene rings is 1. The van der Waals surface area contributed by atoms with Crippen LogP contribution in [0.15, 0.2) is 36.4 Å². The third kappa shape index (κ3) is 4.51. The number of anilines is 1. The van der Waals surface area contributed by atoms with Gasteiger partial charge in [-0.3, -0.25) is 4.79 Å². The monoisotopic (exact) mass is 233 g/mol. The van der Waals surface area contributed by atoms with Crippen molar-refractivity contribution in [3.05, 3.63) is 42.0 Å². The van der Waals surface area contributed by atoms with E-state index in [4.69, 9.17) is 4.74 Å². The molecule has 4 nitrogen and oxygen atoms in total. The highest BCUT2D eigenvalue weighted by atomic mass is 16.5. The third-order valence-corrected chi connectivity index (χ3v) is 2.04. The average Bonchev–Trinajstić information content (AvgIpc) is 2.35. The number of esters is 1. The largest absolute Gasteiger partial charge is 0.463 e. The molecule has 0 aliphatic rings. The zero-order valence-electron chi connectivity index (χ0n) is 9.68. The SMILES string of the molecule is CCOC(=O)/C=C/CNc1ccccc1C=O. The first-order valence-electron chi connectivity index (χ1n) is 5.39. The van der Waals surface area contributed by atoms with Crippen LogP contribution in [0.2, 0.25) is 0 Å². The molecule has 0 saturated carbocycles. The summed E-state index contributed by atoms with van der Waals surface area (Å²) in [5, 5.41) is 3.04. The summed E-state index contributed by atoms with van der Waals surface area (Å²) in [6.07, 6.45) is 3.80. The fraction of sp³-hybridized carbons (Fsp3) is 0.231. The first-order chi connectivity index (χ1) is 8.27. The normalized spacial score (nSPS) is 10.2. The summed E-state index contributed by atoms with van der Waals surface area (Å²) in [4.78, 5) is 21.7. The van der Waals surface area contributed by atoms with E-state index in [1.54, 1.807) is 25.1 Å². The Bertz CT molecular complexity index is 413. The van der Waals surface area contributed by atoms with Crippen molar-refractivity contribution in [1.82, 2.24) is 0 Å². The van der Waals surface area contributed by atoms with Gasteiger partial charge in [-0.05, 0) is 19.1 Å². The Balaban J connectivity index is 2.45. The predicted molar refractivity (Wildman–Crippen MR) is 66.1 cm³/mol. The molecule has 0 amide bonds. The molecule has 4 heteroatoms. The van der Waals surface area contributed by atoms with E-state index in [-0.39, 0.29) is 5.97 Å². The van der Waals surface area contributed by atoms with Crippen molar-refractivity contribution in [2.24, 2.45) is 0 Å². The molecule has 1 N–H and O–H groups in total. The first-order valence-corrected chi connectivity index (χ1v) is 5.39. The van der Waals surface area contributed by atoms with Crippen LogP contribution in [-0.4, -0.2) is 25.4 Å². The van der Waals surface area contributed by atoms with Gasteiger partial charge in [-0.2, -0.15) is 0 Å². The minimum absolute atomic E-state index is 0.363. The number of hydrogen-bond acceptors (Lipinski definition) is 4. The van der Waals surface area contributed by atoms with Crippen molar-refractivity contribution >= 4 is 17.9 Å². The Labute approximate surface area is 100 Å². The van der Waals surface area contributed by atoms with Gasteiger partial charge in [-0.25, -0.2) is 4.79 Å². The van der Waals surface area contributed by atoms with Crippen LogP contribution in [0.4, 0.5) is 5.69 Å². The second-order valence-electron chi connectivity index (χ2n) is 3.24. The van der Waals surface area contributed by atoms with Gasteiger partial charge in [0.05, 0.1) is 6.61 Å². The van der Waals surface area contributed by atoms with E-state index < -0.39 is 0 Å². The molecule has 0 fully saturated rings. The Morgan fingerprint density at radius 1 is 1.41 bits per heavy atom. The van der Waals surface area contributed by atoms with E-state index in [9.17, 15) is 9.59 Å². The van der Waals surface area contributed by atoms with Gasteiger partial charge in [0.15, 0.2) is 6.29 Å². The molecule has 0 saturated heterocycles. The first kappa shape index (κ1) is 13.0. The van der Waals surface area contributed by atoms with Crippen molar-refractivity contribution in [3.8, 4) is 0 Å². The van der Waals surface area contributed by atoms with E-state index in [1.165, 1.54) is 6.08 Å². The molecule has 0 bridgehead atoms. The molecule has 0 atom stereocenters. The van der Waals surface area contributed by atoms with Crippen molar-refractivity contribution in [3.63, 3.8) is 0 Å². The molecule has 0 heterocycles. The summed E-state index contributed by atoms with van der Waals surface area (Å²) < 4.78 is 4.73. The van der Waals surface area contributed by atoms with E-state index in [0.717, 1.165) is 12.0 Å². The van der Waals surface area contributed by atoms with Gasteiger partial charge in [0.1, 0.15) is 0 Å². The second-order valence-corrected chi connectivity index (χ2v) is 3.24. The number of ether oxygens (including phenoxy) is 1. The lowest BCUT2D eigenvalue weighted by Gasteiger charge is -2.05. The summed E-state index contributed by atoms with van der Waals surface area (Å²) in [5.74, 6) is -0.363. The lowest BCUT2D eigenvalue weighted by molar-refractivity contribution is -0.137. The molecule has 1 aromatic rings. The smallest absolute Gasteiger partial charge is 0.330 e. The maximum atomic E-state index is 11.0. The van der Waals surface area contributed by atoms with Crippen molar-refractivity contribution in [1.29, 1.82) is 0 Å². The third-order valence-electron chi connectivity index (χ3n) is 2.04. The number of carbonyl (C=O) groups is 2. The standard InChI is InChI=1S/C13H15NO3/c1-2-17-13(16)8-5-9-14-12-7-4-3-6-11(12)10-15/h3-8,10,14H,2,9H2,1H3/b8-5+. The van der Waals surface area contributed by atoms with Crippen LogP contribution >= 0.6 is 0 Å². The van der Waals surface area contributed by atoms with Gasteiger partial charge in [0, 0.05) is 23.9 Å². The lowest BCUT2D eigenvalue weighted by Crippen LogP contribution is -2.03. The van der Waals surface area contributed by atoms with E-state index in [0.29, 0.717) is 18.7 Å². The molecule has 0 radical (unpaired) electrons. The Morgan fingerprint density at radius 3 is 2.88 bits per heavy atom. The van der Waals surface area contributed by atoms with Gasteiger partial charge in [0.25, 0.3) is 0 Å². The zero-order valence-corrected chi connectivity index (χ0v) is 9.68. The minimum atomic E-state index is -0.363. The molecule has 0 unspecified atom stereocenters. The Hall–Kier alpha value is -2.10. The van der Waals surface area contributed by atoms with Gasteiger partial charge in [0.2, 0.25) is 0 Å². The molecule has 90 valence electrons.